The van der Waals surface area contributed by atoms with Crippen LogP contribution in [0.5, 0.6) is 0 Å². The fourth-order valence-corrected chi connectivity index (χ4v) is 4.88. The summed E-state index contributed by atoms with van der Waals surface area (Å²) in [5.41, 5.74) is 3.01. The van der Waals surface area contributed by atoms with Crippen LogP contribution in [0.3, 0.4) is 0 Å². The van der Waals surface area contributed by atoms with Gasteiger partial charge < -0.3 is 4.79 Å². The Bertz CT molecular complexity index is 472. The molecule has 0 amide bonds. The molecule has 0 bridgehead atoms. The zero-order chi connectivity index (χ0) is 15.7. The molecule has 1 fully saturated rings. The molecule has 0 aromatic heterocycles. The summed E-state index contributed by atoms with van der Waals surface area (Å²) < 4.78 is 0. The highest BCUT2D eigenvalue weighted by molar-refractivity contribution is 5.56. The molecule has 2 rings (SSSR count). The highest BCUT2D eigenvalue weighted by Crippen LogP contribution is 2.61. The average Bonchev–Trinajstić information content (AvgIpc) is 2.47. The van der Waals surface area contributed by atoms with E-state index in [9.17, 15) is 4.79 Å². The van der Waals surface area contributed by atoms with Gasteiger partial charge in [0, 0.05) is 5.92 Å². The van der Waals surface area contributed by atoms with Gasteiger partial charge in [0.25, 0.3) is 0 Å². The van der Waals surface area contributed by atoms with E-state index in [-0.39, 0.29) is 16.7 Å². The van der Waals surface area contributed by atoms with E-state index >= 15 is 0 Å². The third kappa shape index (κ3) is 2.67. The van der Waals surface area contributed by atoms with Crippen molar-refractivity contribution in [3.8, 4) is 0 Å². The Hall–Kier alpha value is -1.11. The third-order valence-corrected chi connectivity index (χ3v) is 6.63. The van der Waals surface area contributed by atoms with Gasteiger partial charge in [-0.2, -0.15) is 0 Å². The van der Waals surface area contributed by atoms with Crippen molar-refractivity contribution in [2.45, 2.75) is 59.3 Å². The smallest absolute Gasteiger partial charge is 0.123 e. The molecular formula is C20H30O. The first-order chi connectivity index (χ1) is 9.88. The van der Waals surface area contributed by atoms with E-state index in [0.717, 1.165) is 37.7 Å². The minimum Gasteiger partial charge on any atom is -0.303 e. The highest BCUT2D eigenvalue weighted by atomic mass is 16.1. The average molecular weight is 286 g/mol. The summed E-state index contributed by atoms with van der Waals surface area (Å²) in [6.07, 6.45) is 12.1. The van der Waals surface area contributed by atoms with Crippen LogP contribution in [-0.4, -0.2) is 6.29 Å². The zero-order valence-electron chi connectivity index (χ0n) is 14.0. The van der Waals surface area contributed by atoms with Gasteiger partial charge in [0.1, 0.15) is 6.29 Å². The van der Waals surface area contributed by atoms with Gasteiger partial charge in [-0.25, -0.2) is 0 Å². The van der Waals surface area contributed by atoms with Gasteiger partial charge in [-0.1, -0.05) is 50.3 Å². The molecule has 1 heteroatoms. The topological polar surface area (TPSA) is 17.1 Å². The Morgan fingerprint density at radius 2 is 2.14 bits per heavy atom. The molecule has 116 valence electrons. The number of aldehydes is 1. The first kappa shape index (κ1) is 16.3. The van der Waals surface area contributed by atoms with Gasteiger partial charge in [-0.3, -0.25) is 0 Å². The second-order valence-corrected chi connectivity index (χ2v) is 7.58. The lowest BCUT2D eigenvalue weighted by Gasteiger charge is -2.57. The van der Waals surface area contributed by atoms with Crippen LogP contribution in [0, 0.1) is 22.7 Å². The maximum Gasteiger partial charge on any atom is 0.123 e. The van der Waals surface area contributed by atoms with Gasteiger partial charge in [-0.15, -0.1) is 0 Å². The molecule has 1 saturated carbocycles. The SMILES string of the molecule is C=CC(=C)CC[C@]1(C)[C@H](C=O)CC[C@@]2(C)C(C)=CCC[C@H]12. The molecule has 1 nitrogen and oxygen atoms in total. The van der Waals surface area contributed by atoms with E-state index < -0.39 is 0 Å². The van der Waals surface area contributed by atoms with Crippen LogP contribution in [0.2, 0.25) is 0 Å². The number of hydrogen-bond acceptors (Lipinski definition) is 1. The van der Waals surface area contributed by atoms with Crippen LogP contribution in [0.1, 0.15) is 59.3 Å². The molecule has 2 aliphatic rings. The quantitative estimate of drug-likeness (QED) is 0.371. The van der Waals surface area contributed by atoms with Crippen LogP contribution in [0.15, 0.2) is 36.5 Å². The second-order valence-electron chi connectivity index (χ2n) is 7.58. The summed E-state index contributed by atoms with van der Waals surface area (Å²) in [6.45, 7) is 14.9. The summed E-state index contributed by atoms with van der Waals surface area (Å²) in [6, 6.07) is 0. The van der Waals surface area contributed by atoms with Crippen LogP contribution in [-0.2, 0) is 4.79 Å². The van der Waals surface area contributed by atoms with Gasteiger partial charge >= 0.3 is 0 Å². The Labute approximate surface area is 130 Å². The Morgan fingerprint density at radius 1 is 1.43 bits per heavy atom. The number of allylic oxidation sites excluding steroid dienone is 4. The molecule has 0 spiro atoms. The molecule has 0 saturated heterocycles. The monoisotopic (exact) mass is 286 g/mol. The minimum atomic E-state index is 0.0935. The van der Waals surface area contributed by atoms with Crippen LogP contribution in [0.4, 0.5) is 0 Å². The van der Waals surface area contributed by atoms with Gasteiger partial charge in [0.15, 0.2) is 0 Å². The van der Waals surface area contributed by atoms with E-state index in [1.165, 1.54) is 18.3 Å². The van der Waals surface area contributed by atoms with E-state index in [0.29, 0.717) is 5.92 Å². The summed E-state index contributed by atoms with van der Waals surface area (Å²) in [7, 11) is 0. The van der Waals surface area contributed by atoms with Crippen LogP contribution >= 0.6 is 0 Å². The summed E-state index contributed by atoms with van der Waals surface area (Å²) in [5, 5.41) is 0. The Morgan fingerprint density at radius 3 is 2.76 bits per heavy atom. The first-order valence-corrected chi connectivity index (χ1v) is 8.31. The van der Waals surface area contributed by atoms with Crippen LogP contribution in [0.25, 0.3) is 0 Å². The molecule has 2 aliphatic carbocycles. The third-order valence-electron chi connectivity index (χ3n) is 6.63. The second kappa shape index (κ2) is 5.94. The van der Waals surface area contributed by atoms with Crippen LogP contribution < -0.4 is 0 Å². The van der Waals surface area contributed by atoms with E-state index in [1.54, 1.807) is 0 Å². The molecular weight excluding hydrogens is 256 g/mol. The molecule has 21 heavy (non-hydrogen) atoms. The lowest BCUT2D eigenvalue weighted by Crippen LogP contribution is -2.50. The van der Waals surface area contributed by atoms with Crippen molar-refractivity contribution in [2.75, 3.05) is 0 Å². The highest BCUT2D eigenvalue weighted by Gasteiger charge is 2.54. The Balaban J connectivity index is 2.33. The fourth-order valence-electron chi connectivity index (χ4n) is 4.88. The fraction of sp³-hybridized carbons (Fsp3) is 0.650. The summed E-state index contributed by atoms with van der Waals surface area (Å²) in [4.78, 5) is 11.7. The lowest BCUT2D eigenvalue weighted by molar-refractivity contribution is -0.124. The maximum absolute atomic E-state index is 11.7. The summed E-state index contributed by atoms with van der Waals surface area (Å²) in [5.74, 6) is 0.802. The molecule has 0 aliphatic heterocycles. The molecule has 0 aromatic carbocycles. The summed E-state index contributed by atoms with van der Waals surface area (Å²) >= 11 is 0. The Kier molecular flexibility index (Phi) is 4.60. The maximum atomic E-state index is 11.7. The molecule has 4 atom stereocenters. The predicted molar refractivity (Wildman–Crippen MR) is 90.1 cm³/mol. The first-order valence-electron chi connectivity index (χ1n) is 8.31. The van der Waals surface area contributed by atoms with Crippen molar-refractivity contribution >= 4 is 6.29 Å². The van der Waals surface area contributed by atoms with Gasteiger partial charge in [0.05, 0.1) is 0 Å². The number of carbonyl (C=O) groups is 1. The van der Waals surface area contributed by atoms with Gasteiger partial charge in [-0.05, 0) is 62.2 Å². The van der Waals surface area contributed by atoms with Crippen molar-refractivity contribution in [1.29, 1.82) is 0 Å². The number of fused-ring (bicyclic) bond motifs is 1. The normalized spacial score (nSPS) is 39.1. The predicted octanol–water partition coefficient (Wildman–Crippen LogP) is 5.49. The molecule has 0 radical (unpaired) electrons. The van der Waals surface area contributed by atoms with Crippen molar-refractivity contribution in [2.24, 2.45) is 22.7 Å². The molecule has 0 N–H and O–H groups in total. The van der Waals surface area contributed by atoms with Gasteiger partial charge in [0.2, 0.25) is 0 Å². The van der Waals surface area contributed by atoms with E-state index in [4.69, 9.17) is 0 Å². The number of hydrogen-bond donors (Lipinski definition) is 0. The van der Waals surface area contributed by atoms with Crippen molar-refractivity contribution < 1.29 is 4.79 Å². The zero-order valence-corrected chi connectivity index (χ0v) is 14.0. The molecule has 0 unspecified atom stereocenters. The number of carbonyl (C=O) groups excluding carboxylic acids is 1. The van der Waals surface area contributed by atoms with E-state index in [2.05, 4.69) is 40.0 Å². The lowest BCUT2D eigenvalue weighted by atomic mass is 9.47. The van der Waals surface area contributed by atoms with Crippen molar-refractivity contribution in [3.05, 3.63) is 36.5 Å². The minimum absolute atomic E-state index is 0.0935. The van der Waals surface area contributed by atoms with E-state index in [1.807, 2.05) is 6.08 Å². The molecule has 0 aromatic rings. The standard InChI is InChI=1S/C20H30O/c1-6-15(2)10-12-20(5)17(14-21)11-13-19(4)16(3)8-7-9-18(19)20/h6,8,14,17-18H,1-2,7,9-13H2,3-5H3/t17-,18-,19-,20+/m0/s1. The van der Waals surface area contributed by atoms with Crippen molar-refractivity contribution in [1.82, 2.24) is 0 Å². The van der Waals surface area contributed by atoms with Crippen molar-refractivity contribution in [3.63, 3.8) is 0 Å². The number of rotatable bonds is 5. The molecule has 0 heterocycles. The largest absolute Gasteiger partial charge is 0.303 e.